The minimum absolute atomic E-state index is 0.111. The monoisotopic (exact) mass is 263 g/mol. The van der Waals surface area contributed by atoms with Gasteiger partial charge in [-0.05, 0) is 49.7 Å². The highest BCUT2D eigenvalue weighted by molar-refractivity contribution is 5.20. The van der Waals surface area contributed by atoms with Gasteiger partial charge >= 0.3 is 0 Å². The molecule has 1 aromatic rings. The zero-order valence-corrected chi connectivity index (χ0v) is 12.0. The van der Waals surface area contributed by atoms with Crippen LogP contribution >= 0.6 is 0 Å². The Morgan fingerprint density at radius 3 is 2.58 bits per heavy atom. The summed E-state index contributed by atoms with van der Waals surface area (Å²) in [5, 5.41) is 0. The van der Waals surface area contributed by atoms with E-state index in [2.05, 4.69) is 6.92 Å². The van der Waals surface area contributed by atoms with Crippen molar-refractivity contribution in [2.24, 2.45) is 11.7 Å². The molecule has 0 radical (unpaired) electrons. The van der Waals surface area contributed by atoms with E-state index in [1.54, 1.807) is 6.07 Å². The van der Waals surface area contributed by atoms with E-state index in [0.717, 1.165) is 24.3 Å². The molecule has 1 aliphatic rings. The van der Waals surface area contributed by atoms with Crippen LogP contribution in [0, 0.1) is 11.7 Å². The molecule has 1 nitrogen and oxygen atoms in total. The maximum atomic E-state index is 13.7. The van der Waals surface area contributed by atoms with Crippen LogP contribution < -0.4 is 5.73 Å². The third-order valence-electron chi connectivity index (χ3n) is 4.57. The van der Waals surface area contributed by atoms with E-state index in [-0.39, 0.29) is 11.4 Å². The molecule has 1 aliphatic carbocycles. The number of hydrogen-bond donors (Lipinski definition) is 1. The lowest BCUT2D eigenvalue weighted by atomic mass is 9.73. The van der Waals surface area contributed by atoms with Gasteiger partial charge in [0.15, 0.2) is 0 Å². The molecule has 0 bridgehead atoms. The van der Waals surface area contributed by atoms with Crippen molar-refractivity contribution in [1.29, 1.82) is 0 Å². The van der Waals surface area contributed by atoms with Crippen LogP contribution in [0.5, 0.6) is 0 Å². The fourth-order valence-corrected chi connectivity index (χ4v) is 3.23. The summed E-state index contributed by atoms with van der Waals surface area (Å²) >= 11 is 0. The fraction of sp³-hybridized carbons (Fsp3) is 0.647. The van der Waals surface area contributed by atoms with Gasteiger partial charge in [0.2, 0.25) is 0 Å². The lowest BCUT2D eigenvalue weighted by Crippen LogP contribution is -2.45. The van der Waals surface area contributed by atoms with Crippen LogP contribution in [0.1, 0.15) is 57.4 Å². The van der Waals surface area contributed by atoms with Gasteiger partial charge in [0, 0.05) is 5.54 Å². The van der Waals surface area contributed by atoms with Crippen LogP contribution in [-0.4, -0.2) is 5.54 Å². The van der Waals surface area contributed by atoms with E-state index in [1.807, 2.05) is 12.1 Å². The van der Waals surface area contributed by atoms with Crippen molar-refractivity contribution >= 4 is 0 Å². The predicted octanol–water partition coefficient (Wildman–Crippen LogP) is 4.45. The summed E-state index contributed by atoms with van der Waals surface area (Å²) in [6.45, 7) is 2.24. The largest absolute Gasteiger partial charge is 0.325 e. The number of unbranched alkanes of at least 4 members (excludes halogenated alkanes) is 1. The normalized spacial score (nSPS) is 27.4. The number of hydrogen-bond acceptors (Lipinski definition) is 1. The molecule has 2 N–H and O–H groups in total. The molecule has 1 fully saturated rings. The van der Waals surface area contributed by atoms with Crippen molar-refractivity contribution in [3.05, 3.63) is 35.6 Å². The number of nitrogens with two attached hydrogens (primary N) is 1. The Hall–Kier alpha value is -0.890. The zero-order valence-electron chi connectivity index (χ0n) is 12.0. The molecule has 0 aromatic heterocycles. The Kier molecular flexibility index (Phi) is 4.98. The number of benzene rings is 1. The zero-order chi connectivity index (χ0) is 13.7. The topological polar surface area (TPSA) is 26.0 Å². The maximum Gasteiger partial charge on any atom is 0.126 e. The fourth-order valence-electron chi connectivity index (χ4n) is 3.23. The highest BCUT2D eigenvalue weighted by Gasteiger charge is 2.32. The van der Waals surface area contributed by atoms with Crippen LogP contribution in [0.3, 0.4) is 0 Å². The van der Waals surface area contributed by atoms with E-state index in [0.29, 0.717) is 6.42 Å². The molecule has 19 heavy (non-hydrogen) atoms. The molecule has 106 valence electrons. The first kappa shape index (κ1) is 14.5. The van der Waals surface area contributed by atoms with Gasteiger partial charge in [0.1, 0.15) is 5.82 Å². The summed E-state index contributed by atoms with van der Waals surface area (Å²) in [5.74, 6) is 0.734. The third-order valence-corrected chi connectivity index (χ3v) is 4.57. The van der Waals surface area contributed by atoms with E-state index >= 15 is 0 Å². The molecule has 0 spiro atoms. The van der Waals surface area contributed by atoms with Crippen molar-refractivity contribution < 1.29 is 4.39 Å². The molecule has 0 amide bonds. The highest BCUT2D eigenvalue weighted by Crippen LogP contribution is 2.35. The summed E-state index contributed by atoms with van der Waals surface area (Å²) in [7, 11) is 0. The first-order valence-corrected chi connectivity index (χ1v) is 7.65. The van der Waals surface area contributed by atoms with Gasteiger partial charge in [0.05, 0.1) is 0 Å². The summed E-state index contributed by atoms with van der Waals surface area (Å²) in [6, 6.07) is 7.04. The minimum atomic E-state index is -0.190. The molecule has 0 saturated heterocycles. The smallest absolute Gasteiger partial charge is 0.126 e. The van der Waals surface area contributed by atoms with Crippen LogP contribution in [0.2, 0.25) is 0 Å². The average Bonchev–Trinajstić information content (AvgIpc) is 2.41. The quantitative estimate of drug-likeness (QED) is 0.834. The first-order chi connectivity index (χ1) is 9.13. The van der Waals surface area contributed by atoms with E-state index < -0.39 is 0 Å². The molecule has 0 aliphatic heterocycles. The van der Waals surface area contributed by atoms with E-state index in [4.69, 9.17) is 5.73 Å². The van der Waals surface area contributed by atoms with E-state index in [1.165, 1.54) is 38.2 Å². The van der Waals surface area contributed by atoms with Crippen LogP contribution in [-0.2, 0) is 6.42 Å². The second-order valence-electron chi connectivity index (χ2n) is 6.22. The van der Waals surface area contributed by atoms with Gasteiger partial charge in [-0.25, -0.2) is 4.39 Å². The summed E-state index contributed by atoms with van der Waals surface area (Å²) in [6.07, 6.45) is 9.13. The predicted molar refractivity (Wildman–Crippen MR) is 78.5 cm³/mol. The highest BCUT2D eigenvalue weighted by atomic mass is 19.1. The van der Waals surface area contributed by atoms with Gasteiger partial charge in [-0.1, -0.05) is 44.4 Å². The van der Waals surface area contributed by atoms with Gasteiger partial charge in [-0.2, -0.15) is 0 Å². The Morgan fingerprint density at radius 1 is 1.26 bits per heavy atom. The van der Waals surface area contributed by atoms with Crippen LogP contribution in [0.4, 0.5) is 4.39 Å². The molecule has 0 atom stereocenters. The van der Waals surface area contributed by atoms with Gasteiger partial charge in [-0.15, -0.1) is 0 Å². The standard InChI is InChI=1S/C17H26FN/c1-2-3-6-14-9-11-17(19,12-10-14)13-15-7-4-5-8-16(15)18/h4-5,7-8,14H,2-3,6,9-13,19H2,1H3. The number of rotatable bonds is 5. The summed E-state index contributed by atoms with van der Waals surface area (Å²) in [4.78, 5) is 0. The van der Waals surface area contributed by atoms with Crippen molar-refractivity contribution in [2.45, 2.75) is 63.8 Å². The Bertz CT molecular complexity index is 394. The second kappa shape index (κ2) is 6.51. The SMILES string of the molecule is CCCCC1CCC(N)(Cc2ccccc2F)CC1. The van der Waals surface area contributed by atoms with Gasteiger partial charge < -0.3 is 5.73 Å². The minimum Gasteiger partial charge on any atom is -0.325 e. The Labute approximate surface area is 116 Å². The molecular formula is C17H26FN. The molecule has 2 rings (SSSR count). The van der Waals surface area contributed by atoms with Gasteiger partial charge in [-0.3, -0.25) is 0 Å². The second-order valence-corrected chi connectivity index (χ2v) is 6.22. The molecule has 0 unspecified atom stereocenters. The third kappa shape index (κ3) is 4.04. The Balaban J connectivity index is 1.90. The molecular weight excluding hydrogens is 237 g/mol. The molecule has 2 heteroatoms. The lowest BCUT2D eigenvalue weighted by Gasteiger charge is -2.37. The molecule has 1 saturated carbocycles. The van der Waals surface area contributed by atoms with Gasteiger partial charge in [0.25, 0.3) is 0 Å². The van der Waals surface area contributed by atoms with Crippen molar-refractivity contribution in [1.82, 2.24) is 0 Å². The van der Waals surface area contributed by atoms with Crippen LogP contribution in [0.25, 0.3) is 0 Å². The maximum absolute atomic E-state index is 13.7. The summed E-state index contributed by atoms with van der Waals surface area (Å²) in [5.41, 5.74) is 7.07. The number of halogens is 1. The van der Waals surface area contributed by atoms with Crippen molar-refractivity contribution in [3.63, 3.8) is 0 Å². The molecule has 1 aromatic carbocycles. The van der Waals surface area contributed by atoms with Crippen molar-refractivity contribution in [3.8, 4) is 0 Å². The lowest BCUT2D eigenvalue weighted by molar-refractivity contribution is 0.220. The van der Waals surface area contributed by atoms with Crippen molar-refractivity contribution in [2.75, 3.05) is 0 Å². The average molecular weight is 263 g/mol. The van der Waals surface area contributed by atoms with Crippen LogP contribution in [0.15, 0.2) is 24.3 Å². The van der Waals surface area contributed by atoms with E-state index in [9.17, 15) is 4.39 Å². The first-order valence-electron chi connectivity index (χ1n) is 7.65. The molecule has 0 heterocycles. The summed E-state index contributed by atoms with van der Waals surface area (Å²) < 4.78 is 13.7. The Morgan fingerprint density at radius 2 is 1.95 bits per heavy atom.